The number of nitrogens with zero attached hydrogens (tertiary/aromatic N) is 2. The third-order valence-corrected chi connectivity index (χ3v) is 4.51. The number of piperidine rings is 1. The maximum Gasteiger partial charge on any atom is 0.0366 e. The van der Waals surface area contributed by atoms with Crippen LogP contribution in [0.4, 0.5) is 5.69 Å². The highest BCUT2D eigenvalue weighted by Crippen LogP contribution is 2.25. The lowest BCUT2D eigenvalue weighted by Crippen LogP contribution is -2.34. The quantitative estimate of drug-likeness (QED) is 0.761. The minimum Gasteiger partial charge on any atom is -0.372 e. The van der Waals surface area contributed by atoms with Crippen LogP contribution in [0.1, 0.15) is 19.3 Å². The summed E-state index contributed by atoms with van der Waals surface area (Å²) in [5, 5.41) is 0. The first kappa shape index (κ1) is 14.1. The zero-order valence-electron chi connectivity index (χ0n) is 11.4. The van der Waals surface area contributed by atoms with E-state index in [1.54, 1.807) is 0 Å². The van der Waals surface area contributed by atoms with Crippen molar-refractivity contribution >= 4 is 28.3 Å². The molecule has 0 aromatic heterocycles. The monoisotopic (exact) mass is 358 g/mol. The summed E-state index contributed by atoms with van der Waals surface area (Å²) in [7, 11) is 4.33. The Morgan fingerprint density at radius 3 is 2.33 bits per heavy atom. The maximum absolute atomic E-state index is 2.53. The zero-order chi connectivity index (χ0) is 13.0. The number of benzene rings is 1. The van der Waals surface area contributed by atoms with Crippen LogP contribution >= 0.6 is 22.6 Å². The van der Waals surface area contributed by atoms with E-state index >= 15 is 0 Å². The zero-order valence-corrected chi connectivity index (χ0v) is 13.6. The smallest absolute Gasteiger partial charge is 0.0366 e. The molecule has 2 nitrogen and oxygen atoms in total. The van der Waals surface area contributed by atoms with Crippen molar-refractivity contribution in [3.05, 3.63) is 27.8 Å². The second kappa shape index (κ2) is 6.75. The minimum atomic E-state index is 0.924. The SMILES string of the molecule is CN(C)CCC1CCN(c2ccc(I)cc2)CC1. The Hall–Kier alpha value is -0.290. The van der Waals surface area contributed by atoms with Gasteiger partial charge >= 0.3 is 0 Å². The number of anilines is 1. The molecule has 1 heterocycles. The standard InChI is InChI=1S/C15H23IN2/c1-17(2)10-7-13-8-11-18(12-9-13)15-5-3-14(16)4-6-15/h3-6,13H,7-12H2,1-2H3. The Balaban J connectivity index is 1.81. The van der Waals surface area contributed by atoms with E-state index in [1.165, 1.54) is 48.2 Å². The molecule has 0 bridgehead atoms. The van der Waals surface area contributed by atoms with Crippen molar-refractivity contribution in [3.63, 3.8) is 0 Å². The van der Waals surface area contributed by atoms with Crippen LogP contribution in [0.5, 0.6) is 0 Å². The average Bonchev–Trinajstić information content (AvgIpc) is 2.38. The Labute approximate surface area is 124 Å². The van der Waals surface area contributed by atoms with Gasteiger partial charge in [0.05, 0.1) is 0 Å². The van der Waals surface area contributed by atoms with Crippen molar-refractivity contribution in [2.45, 2.75) is 19.3 Å². The lowest BCUT2D eigenvalue weighted by Gasteiger charge is -2.34. The number of hydrogen-bond acceptors (Lipinski definition) is 2. The fourth-order valence-electron chi connectivity index (χ4n) is 2.57. The molecule has 1 aromatic carbocycles. The molecule has 3 heteroatoms. The molecule has 18 heavy (non-hydrogen) atoms. The molecule has 0 spiro atoms. The molecule has 0 unspecified atom stereocenters. The summed E-state index contributed by atoms with van der Waals surface area (Å²) >= 11 is 2.36. The van der Waals surface area contributed by atoms with Gasteiger partial charge in [0.2, 0.25) is 0 Å². The van der Waals surface area contributed by atoms with Crippen LogP contribution in [0.2, 0.25) is 0 Å². The second-order valence-electron chi connectivity index (χ2n) is 5.50. The molecule has 2 rings (SSSR count). The van der Waals surface area contributed by atoms with Crippen LogP contribution < -0.4 is 4.90 Å². The fourth-order valence-corrected chi connectivity index (χ4v) is 2.93. The van der Waals surface area contributed by atoms with Gasteiger partial charge in [0.1, 0.15) is 0 Å². The van der Waals surface area contributed by atoms with E-state index in [4.69, 9.17) is 0 Å². The van der Waals surface area contributed by atoms with Gasteiger partial charge in [-0.05, 0) is 92.7 Å². The van der Waals surface area contributed by atoms with E-state index in [2.05, 4.69) is 70.8 Å². The van der Waals surface area contributed by atoms with Crippen LogP contribution in [0, 0.1) is 9.49 Å². The Kier molecular flexibility index (Phi) is 5.30. The van der Waals surface area contributed by atoms with Gasteiger partial charge in [-0.15, -0.1) is 0 Å². The highest BCUT2D eigenvalue weighted by molar-refractivity contribution is 14.1. The summed E-state index contributed by atoms with van der Waals surface area (Å²) < 4.78 is 1.32. The number of halogens is 1. The highest BCUT2D eigenvalue weighted by Gasteiger charge is 2.19. The summed E-state index contributed by atoms with van der Waals surface area (Å²) in [6.07, 6.45) is 4.05. The molecule has 100 valence electrons. The largest absolute Gasteiger partial charge is 0.372 e. The molecule has 0 N–H and O–H groups in total. The lowest BCUT2D eigenvalue weighted by atomic mass is 9.93. The molecule has 1 fully saturated rings. The highest BCUT2D eigenvalue weighted by atomic mass is 127. The normalized spacial score (nSPS) is 17.4. The number of hydrogen-bond donors (Lipinski definition) is 0. The van der Waals surface area contributed by atoms with Crippen LogP contribution in [-0.4, -0.2) is 38.6 Å². The second-order valence-corrected chi connectivity index (χ2v) is 6.74. The summed E-state index contributed by atoms with van der Waals surface area (Å²) in [6.45, 7) is 3.67. The van der Waals surface area contributed by atoms with Gasteiger partial charge in [0.15, 0.2) is 0 Å². The van der Waals surface area contributed by atoms with Gasteiger partial charge < -0.3 is 9.80 Å². The van der Waals surface area contributed by atoms with Crippen molar-refractivity contribution in [1.29, 1.82) is 0 Å². The number of rotatable bonds is 4. The first-order valence-electron chi connectivity index (χ1n) is 6.80. The van der Waals surface area contributed by atoms with Crippen molar-refractivity contribution in [3.8, 4) is 0 Å². The fraction of sp³-hybridized carbons (Fsp3) is 0.600. The van der Waals surface area contributed by atoms with Gasteiger partial charge in [-0.25, -0.2) is 0 Å². The van der Waals surface area contributed by atoms with E-state index in [0.29, 0.717) is 0 Å². The van der Waals surface area contributed by atoms with Gasteiger partial charge in [-0.2, -0.15) is 0 Å². The van der Waals surface area contributed by atoms with Crippen molar-refractivity contribution < 1.29 is 0 Å². The predicted molar refractivity (Wildman–Crippen MR) is 87.3 cm³/mol. The molecule has 0 saturated carbocycles. The summed E-state index contributed by atoms with van der Waals surface area (Å²) in [4.78, 5) is 4.83. The van der Waals surface area contributed by atoms with E-state index < -0.39 is 0 Å². The molecule has 0 aliphatic carbocycles. The van der Waals surface area contributed by atoms with Crippen LogP contribution in [0.25, 0.3) is 0 Å². The molecular formula is C15H23IN2. The first-order chi connectivity index (χ1) is 8.65. The Morgan fingerprint density at radius 2 is 1.78 bits per heavy atom. The average molecular weight is 358 g/mol. The van der Waals surface area contributed by atoms with Gasteiger partial charge in [-0.3, -0.25) is 0 Å². The molecule has 1 saturated heterocycles. The minimum absolute atomic E-state index is 0.924. The summed E-state index contributed by atoms with van der Waals surface area (Å²) in [5.74, 6) is 0.924. The molecule has 0 radical (unpaired) electrons. The van der Waals surface area contributed by atoms with Gasteiger partial charge in [0.25, 0.3) is 0 Å². The third-order valence-electron chi connectivity index (χ3n) is 3.79. The van der Waals surface area contributed by atoms with Crippen molar-refractivity contribution in [2.24, 2.45) is 5.92 Å². The summed E-state index contributed by atoms with van der Waals surface area (Å²) in [5.41, 5.74) is 1.39. The van der Waals surface area contributed by atoms with Crippen LogP contribution in [0.3, 0.4) is 0 Å². The molecule has 0 amide bonds. The van der Waals surface area contributed by atoms with Gasteiger partial charge in [-0.1, -0.05) is 0 Å². The van der Waals surface area contributed by atoms with Crippen molar-refractivity contribution in [2.75, 3.05) is 38.6 Å². The maximum atomic E-state index is 2.53. The molecule has 1 aliphatic heterocycles. The van der Waals surface area contributed by atoms with E-state index in [0.717, 1.165) is 5.92 Å². The van der Waals surface area contributed by atoms with E-state index in [1.807, 2.05) is 0 Å². The molecule has 1 aromatic rings. The lowest BCUT2D eigenvalue weighted by molar-refractivity contribution is 0.313. The van der Waals surface area contributed by atoms with Crippen LogP contribution in [0.15, 0.2) is 24.3 Å². The topological polar surface area (TPSA) is 6.48 Å². The summed E-state index contributed by atoms with van der Waals surface area (Å²) in [6, 6.07) is 8.91. The Bertz CT molecular complexity index is 353. The molecule has 1 aliphatic rings. The van der Waals surface area contributed by atoms with E-state index in [9.17, 15) is 0 Å². The first-order valence-corrected chi connectivity index (χ1v) is 7.88. The Morgan fingerprint density at radius 1 is 1.17 bits per heavy atom. The molecular weight excluding hydrogens is 335 g/mol. The predicted octanol–water partition coefficient (Wildman–Crippen LogP) is 3.46. The van der Waals surface area contributed by atoms with Crippen molar-refractivity contribution in [1.82, 2.24) is 4.90 Å². The van der Waals surface area contributed by atoms with E-state index in [-0.39, 0.29) is 0 Å². The third kappa shape index (κ3) is 4.12. The van der Waals surface area contributed by atoms with Gasteiger partial charge in [0, 0.05) is 22.3 Å². The molecule has 0 atom stereocenters. The van der Waals surface area contributed by atoms with Crippen LogP contribution in [-0.2, 0) is 0 Å².